The van der Waals surface area contributed by atoms with Crippen molar-refractivity contribution >= 4 is 27.7 Å². The van der Waals surface area contributed by atoms with Crippen LogP contribution in [0.3, 0.4) is 0 Å². The van der Waals surface area contributed by atoms with E-state index in [-0.39, 0.29) is 23.9 Å². The first kappa shape index (κ1) is 21.4. The largest absolute Gasteiger partial charge is 0.336 e. The smallest absolute Gasteiger partial charge is 0.255 e. The predicted molar refractivity (Wildman–Crippen MR) is 113 cm³/mol. The minimum atomic E-state index is -3.64. The zero-order chi connectivity index (χ0) is 21.0. The molecule has 0 bridgehead atoms. The molecule has 6 nitrogen and oxygen atoms in total. The fraction of sp³-hybridized carbons (Fsp3) is 0.333. The lowest BCUT2D eigenvalue weighted by Gasteiger charge is -2.34. The third-order valence-electron chi connectivity index (χ3n) is 4.63. The van der Waals surface area contributed by atoms with Gasteiger partial charge in [-0.3, -0.25) is 4.79 Å². The lowest BCUT2D eigenvalue weighted by Crippen LogP contribution is -2.50. The van der Waals surface area contributed by atoms with Crippen LogP contribution in [0.25, 0.3) is 0 Å². The average molecular weight is 430 g/mol. The average Bonchev–Trinajstić information content (AvgIpc) is 2.73. The Balaban J connectivity index is 1.70. The lowest BCUT2D eigenvalue weighted by atomic mass is 10.2. The van der Waals surface area contributed by atoms with Gasteiger partial charge >= 0.3 is 0 Å². The Bertz CT molecular complexity index is 1020. The minimum absolute atomic E-state index is 0.0656. The summed E-state index contributed by atoms with van der Waals surface area (Å²) in [6.45, 7) is 5.34. The second kappa shape index (κ2) is 8.99. The Hall–Kier alpha value is -2.34. The molecule has 1 aliphatic heterocycles. The molecule has 0 unspecified atom stereocenters. The first-order valence-corrected chi connectivity index (χ1v) is 11.7. The van der Waals surface area contributed by atoms with Crippen LogP contribution in [0, 0.1) is 11.3 Å². The van der Waals surface area contributed by atoms with E-state index in [0.717, 1.165) is 4.90 Å². The van der Waals surface area contributed by atoms with Crippen LogP contribution in [-0.4, -0.2) is 55.0 Å². The molecule has 8 heteroatoms. The van der Waals surface area contributed by atoms with Crippen LogP contribution in [0.5, 0.6) is 0 Å². The monoisotopic (exact) mass is 429 g/mol. The number of hydrogen-bond donors (Lipinski definition) is 0. The van der Waals surface area contributed by atoms with Crippen LogP contribution in [-0.2, 0) is 10.0 Å². The van der Waals surface area contributed by atoms with Crippen molar-refractivity contribution in [3.05, 3.63) is 59.7 Å². The Morgan fingerprint density at radius 3 is 2.24 bits per heavy atom. The molecule has 0 saturated carbocycles. The standard InChI is InChI=1S/C21H23N3O3S2/c1-16(2)28-20-6-4-3-5-19(20)21(25)23-11-13-24(14-12-23)29(26,27)18-9-7-17(15-22)8-10-18/h3-10,16H,11-14H2,1-2H3. The van der Waals surface area contributed by atoms with Gasteiger partial charge in [-0.1, -0.05) is 26.0 Å². The molecule has 1 heterocycles. The van der Waals surface area contributed by atoms with E-state index in [9.17, 15) is 13.2 Å². The van der Waals surface area contributed by atoms with Crippen LogP contribution in [0.15, 0.2) is 58.3 Å². The van der Waals surface area contributed by atoms with Crippen molar-refractivity contribution in [2.45, 2.75) is 28.9 Å². The van der Waals surface area contributed by atoms with Gasteiger partial charge in [-0.05, 0) is 36.4 Å². The number of rotatable bonds is 5. The van der Waals surface area contributed by atoms with Crippen LogP contribution in [0.1, 0.15) is 29.8 Å². The van der Waals surface area contributed by atoms with Crippen LogP contribution < -0.4 is 0 Å². The third-order valence-corrected chi connectivity index (χ3v) is 7.62. The van der Waals surface area contributed by atoms with Gasteiger partial charge in [0.2, 0.25) is 10.0 Å². The van der Waals surface area contributed by atoms with Crippen LogP contribution in [0.2, 0.25) is 0 Å². The zero-order valence-corrected chi connectivity index (χ0v) is 18.0. The summed E-state index contributed by atoms with van der Waals surface area (Å²) in [7, 11) is -3.64. The molecule has 2 aromatic rings. The van der Waals surface area contributed by atoms with Gasteiger partial charge in [-0.15, -0.1) is 11.8 Å². The number of benzene rings is 2. The maximum absolute atomic E-state index is 13.0. The Kier molecular flexibility index (Phi) is 6.63. The van der Waals surface area contributed by atoms with Gasteiger partial charge in [0.05, 0.1) is 22.1 Å². The molecular formula is C21H23N3O3S2. The SMILES string of the molecule is CC(C)Sc1ccccc1C(=O)N1CCN(S(=O)(=O)c2ccc(C#N)cc2)CC1. The number of carbonyl (C=O) groups excluding carboxylic acids is 1. The van der Waals surface area contributed by atoms with Crippen molar-refractivity contribution in [1.29, 1.82) is 5.26 Å². The summed E-state index contributed by atoms with van der Waals surface area (Å²) in [5.41, 5.74) is 1.08. The van der Waals surface area contributed by atoms with Gasteiger partial charge in [-0.2, -0.15) is 9.57 Å². The number of carbonyl (C=O) groups is 1. The Morgan fingerprint density at radius 1 is 1.03 bits per heavy atom. The highest BCUT2D eigenvalue weighted by atomic mass is 32.2. The van der Waals surface area contributed by atoms with Gasteiger partial charge in [-0.25, -0.2) is 8.42 Å². The summed E-state index contributed by atoms with van der Waals surface area (Å²) >= 11 is 1.65. The van der Waals surface area contributed by atoms with Crippen molar-refractivity contribution < 1.29 is 13.2 Å². The number of nitrogens with zero attached hydrogens (tertiary/aromatic N) is 3. The molecular weight excluding hydrogens is 406 g/mol. The highest BCUT2D eigenvalue weighted by Gasteiger charge is 2.31. The van der Waals surface area contributed by atoms with E-state index >= 15 is 0 Å². The fourth-order valence-corrected chi connectivity index (χ4v) is 5.52. The molecule has 1 amide bonds. The fourth-order valence-electron chi connectivity index (χ4n) is 3.15. The van der Waals surface area contributed by atoms with E-state index in [2.05, 4.69) is 13.8 Å². The molecule has 0 N–H and O–H groups in total. The van der Waals surface area contributed by atoms with E-state index in [0.29, 0.717) is 29.5 Å². The maximum Gasteiger partial charge on any atom is 0.255 e. The molecule has 0 aromatic heterocycles. The van der Waals surface area contributed by atoms with Crippen molar-refractivity contribution in [2.24, 2.45) is 0 Å². The lowest BCUT2D eigenvalue weighted by molar-refractivity contribution is 0.0694. The van der Waals surface area contributed by atoms with E-state index in [1.165, 1.54) is 28.6 Å². The summed E-state index contributed by atoms with van der Waals surface area (Å²) < 4.78 is 27.1. The van der Waals surface area contributed by atoms with E-state index in [4.69, 9.17) is 5.26 Å². The normalized spacial score (nSPS) is 15.3. The van der Waals surface area contributed by atoms with Crippen LogP contribution in [0.4, 0.5) is 0 Å². The van der Waals surface area contributed by atoms with Gasteiger partial charge in [0.15, 0.2) is 0 Å². The molecule has 1 saturated heterocycles. The summed E-state index contributed by atoms with van der Waals surface area (Å²) in [5, 5.41) is 9.23. The first-order chi connectivity index (χ1) is 13.8. The number of thioether (sulfide) groups is 1. The number of amides is 1. The van der Waals surface area contributed by atoms with Gasteiger partial charge < -0.3 is 4.90 Å². The minimum Gasteiger partial charge on any atom is -0.336 e. The third kappa shape index (κ3) is 4.81. The van der Waals surface area contributed by atoms with Gasteiger partial charge in [0, 0.05) is 36.3 Å². The summed E-state index contributed by atoms with van der Waals surface area (Å²) in [5.74, 6) is -0.0656. The molecule has 0 aliphatic carbocycles. The molecule has 0 spiro atoms. The van der Waals surface area contributed by atoms with Crippen molar-refractivity contribution in [1.82, 2.24) is 9.21 Å². The van der Waals surface area contributed by atoms with E-state index in [1.54, 1.807) is 16.7 Å². The highest BCUT2D eigenvalue weighted by molar-refractivity contribution is 8.00. The summed E-state index contributed by atoms with van der Waals surface area (Å²) in [4.78, 5) is 15.8. The van der Waals surface area contributed by atoms with Crippen LogP contribution >= 0.6 is 11.8 Å². The Labute approximate surface area is 176 Å². The van der Waals surface area contributed by atoms with E-state index < -0.39 is 10.0 Å². The quantitative estimate of drug-likeness (QED) is 0.682. The van der Waals surface area contributed by atoms with Crippen molar-refractivity contribution in [3.63, 3.8) is 0 Å². The van der Waals surface area contributed by atoms with Crippen molar-refractivity contribution in [3.8, 4) is 6.07 Å². The first-order valence-electron chi connectivity index (χ1n) is 9.38. The number of hydrogen-bond acceptors (Lipinski definition) is 5. The second-order valence-corrected chi connectivity index (χ2v) is 10.6. The predicted octanol–water partition coefficient (Wildman–Crippen LogP) is 3.21. The highest BCUT2D eigenvalue weighted by Crippen LogP contribution is 2.28. The molecule has 2 aromatic carbocycles. The molecule has 0 atom stereocenters. The van der Waals surface area contributed by atoms with Gasteiger partial charge in [0.25, 0.3) is 5.91 Å². The zero-order valence-electron chi connectivity index (χ0n) is 16.4. The molecule has 1 aliphatic rings. The molecule has 0 radical (unpaired) electrons. The molecule has 3 rings (SSSR count). The van der Waals surface area contributed by atoms with E-state index in [1.807, 2.05) is 30.3 Å². The molecule has 1 fully saturated rings. The summed E-state index contributed by atoms with van der Waals surface area (Å²) in [6, 6.07) is 15.4. The van der Waals surface area contributed by atoms with Gasteiger partial charge in [0.1, 0.15) is 0 Å². The maximum atomic E-state index is 13.0. The number of nitriles is 1. The topological polar surface area (TPSA) is 81.5 Å². The summed E-state index contributed by atoms with van der Waals surface area (Å²) in [6.07, 6.45) is 0. The van der Waals surface area contributed by atoms with Crippen molar-refractivity contribution in [2.75, 3.05) is 26.2 Å². The Morgan fingerprint density at radius 2 is 1.66 bits per heavy atom. The number of piperazine rings is 1. The molecule has 29 heavy (non-hydrogen) atoms. The second-order valence-electron chi connectivity index (χ2n) is 7.00. The number of sulfonamides is 1. The molecule has 152 valence electrons.